The molecule has 0 bridgehead atoms. The number of nitrogens with zero attached hydrogens (tertiary/aromatic N) is 1. The summed E-state index contributed by atoms with van der Waals surface area (Å²) in [6, 6.07) is 19.7. The predicted molar refractivity (Wildman–Crippen MR) is 166 cm³/mol. The Morgan fingerprint density at radius 1 is 0.761 bits per heavy atom. The maximum absolute atomic E-state index is 13.7. The van der Waals surface area contributed by atoms with Gasteiger partial charge in [0.05, 0.1) is 28.2 Å². The van der Waals surface area contributed by atoms with E-state index in [1.165, 1.54) is 80.8 Å². The molecule has 0 atom stereocenters. The van der Waals surface area contributed by atoms with Gasteiger partial charge < -0.3 is 15.4 Å². The normalized spacial score (nSPS) is 11.8. The number of anilines is 4. The molecule has 0 saturated carbocycles. The third-order valence-electron chi connectivity index (χ3n) is 6.30. The van der Waals surface area contributed by atoms with E-state index in [4.69, 9.17) is 4.74 Å². The number of benzene rings is 4. The maximum Gasteiger partial charge on any atom is 0.416 e. The largest absolute Gasteiger partial charge is 0.497 e. The first kappa shape index (κ1) is 33.8. The molecule has 0 fully saturated rings. The minimum Gasteiger partial charge on any atom is -0.497 e. The zero-order valence-electron chi connectivity index (χ0n) is 24.2. The van der Waals surface area contributed by atoms with Crippen LogP contribution < -0.4 is 24.4 Å². The van der Waals surface area contributed by atoms with E-state index in [1.54, 1.807) is 0 Å². The highest BCUT2D eigenvalue weighted by atomic mass is 32.2. The predicted octanol–water partition coefficient (Wildman–Crippen LogP) is 5.31. The molecule has 4 rings (SSSR count). The van der Waals surface area contributed by atoms with Crippen LogP contribution in [-0.2, 0) is 35.8 Å². The molecule has 0 unspecified atom stereocenters. The quantitative estimate of drug-likeness (QED) is 0.195. The summed E-state index contributed by atoms with van der Waals surface area (Å²) < 4.78 is 100. The summed E-state index contributed by atoms with van der Waals surface area (Å²) in [5, 5.41) is 5.06. The Hall–Kier alpha value is -5.09. The minimum atomic E-state index is -4.66. The average Bonchev–Trinajstić information content (AvgIpc) is 2.99. The van der Waals surface area contributed by atoms with Crippen molar-refractivity contribution in [2.45, 2.75) is 22.9 Å². The Morgan fingerprint density at radius 2 is 1.33 bits per heavy atom. The fourth-order valence-electron chi connectivity index (χ4n) is 4.13. The van der Waals surface area contributed by atoms with Crippen LogP contribution in [0.25, 0.3) is 0 Å². The highest BCUT2D eigenvalue weighted by Gasteiger charge is 2.31. The Bertz CT molecular complexity index is 1930. The second kappa shape index (κ2) is 13.5. The van der Waals surface area contributed by atoms with Gasteiger partial charge in [-0.3, -0.25) is 18.6 Å². The van der Waals surface area contributed by atoms with Gasteiger partial charge in [0.1, 0.15) is 12.3 Å². The summed E-state index contributed by atoms with van der Waals surface area (Å²) in [4.78, 5) is 24.0. The van der Waals surface area contributed by atoms with Crippen LogP contribution in [-0.4, -0.2) is 42.3 Å². The molecule has 3 N–H and O–H groups in total. The van der Waals surface area contributed by atoms with Crippen LogP contribution >= 0.6 is 0 Å². The molecule has 0 aliphatic carbocycles. The van der Waals surface area contributed by atoms with Gasteiger partial charge in [0.25, 0.3) is 20.0 Å². The van der Waals surface area contributed by atoms with Gasteiger partial charge in [0.15, 0.2) is 0 Å². The number of hydrogen-bond acceptors (Lipinski definition) is 7. The zero-order valence-corrected chi connectivity index (χ0v) is 25.8. The molecule has 0 aromatic heterocycles. The lowest BCUT2D eigenvalue weighted by molar-refractivity contribution is -0.137. The smallest absolute Gasteiger partial charge is 0.416 e. The third-order valence-corrected chi connectivity index (χ3v) is 9.49. The fraction of sp³-hybridized carbons (Fsp3) is 0.133. The molecule has 46 heavy (non-hydrogen) atoms. The molecule has 0 aliphatic heterocycles. The first-order chi connectivity index (χ1) is 21.6. The van der Waals surface area contributed by atoms with Crippen molar-refractivity contribution in [2.24, 2.45) is 0 Å². The standard InChI is InChI=1S/C30H27F3N4O7S2/c1-20(38)34-22-8-16-28(17-9-22)46(42,43)37(25-10-12-26(44-2)13-11-25)19-29(39)35-23-6-14-27(15-7-23)45(40,41)36-24-5-3-4-21(18-24)30(31,32)33/h3-18,36H,19H2,1-2H3,(H,34,38)(H,35,39). The van der Waals surface area contributed by atoms with Gasteiger partial charge in [-0.25, -0.2) is 16.8 Å². The van der Waals surface area contributed by atoms with Crippen molar-refractivity contribution in [1.29, 1.82) is 0 Å². The number of amides is 2. The van der Waals surface area contributed by atoms with Crippen molar-refractivity contribution in [2.75, 3.05) is 33.3 Å². The van der Waals surface area contributed by atoms with Crippen LogP contribution in [0, 0.1) is 0 Å². The molecular formula is C30H27F3N4O7S2. The van der Waals surface area contributed by atoms with Crippen molar-refractivity contribution in [3.8, 4) is 5.75 Å². The van der Waals surface area contributed by atoms with Crippen LogP contribution in [0.15, 0.2) is 107 Å². The van der Waals surface area contributed by atoms with Crippen molar-refractivity contribution in [3.05, 3.63) is 103 Å². The molecule has 0 radical (unpaired) electrons. The Morgan fingerprint density at radius 3 is 1.87 bits per heavy atom. The third kappa shape index (κ3) is 8.33. The molecule has 16 heteroatoms. The van der Waals surface area contributed by atoms with E-state index in [0.717, 1.165) is 28.6 Å². The molecule has 0 heterocycles. The molecule has 2 amide bonds. The van der Waals surface area contributed by atoms with Gasteiger partial charge in [0, 0.05) is 24.0 Å². The van der Waals surface area contributed by atoms with Gasteiger partial charge in [-0.1, -0.05) is 6.07 Å². The van der Waals surface area contributed by atoms with E-state index < -0.39 is 44.2 Å². The lowest BCUT2D eigenvalue weighted by atomic mass is 10.2. The van der Waals surface area contributed by atoms with Gasteiger partial charge in [-0.05, 0) is 91.0 Å². The van der Waals surface area contributed by atoms with Crippen LogP contribution in [0.3, 0.4) is 0 Å². The number of alkyl halides is 3. The number of nitrogens with one attached hydrogen (secondary N) is 3. The van der Waals surface area contributed by atoms with Gasteiger partial charge in [-0.2, -0.15) is 13.2 Å². The average molecular weight is 677 g/mol. The Kier molecular flexibility index (Phi) is 9.92. The van der Waals surface area contributed by atoms with E-state index in [2.05, 4.69) is 15.4 Å². The number of hydrogen-bond donors (Lipinski definition) is 3. The first-order valence-electron chi connectivity index (χ1n) is 13.2. The van der Waals surface area contributed by atoms with Crippen LogP contribution in [0.1, 0.15) is 12.5 Å². The van der Waals surface area contributed by atoms with E-state index in [9.17, 15) is 39.6 Å². The second-order valence-corrected chi connectivity index (χ2v) is 13.2. The summed E-state index contributed by atoms with van der Waals surface area (Å²) in [5.41, 5.74) is -0.690. The number of methoxy groups -OCH3 is 1. The van der Waals surface area contributed by atoms with Crippen LogP contribution in [0.5, 0.6) is 5.75 Å². The number of carbonyl (C=O) groups is 2. The molecule has 0 saturated heterocycles. The van der Waals surface area contributed by atoms with Crippen molar-refractivity contribution in [1.82, 2.24) is 0 Å². The molecule has 4 aromatic rings. The van der Waals surface area contributed by atoms with Crippen molar-refractivity contribution in [3.63, 3.8) is 0 Å². The Labute approximate surface area is 263 Å². The topological polar surface area (TPSA) is 151 Å². The highest BCUT2D eigenvalue weighted by Crippen LogP contribution is 2.31. The minimum absolute atomic E-state index is 0.120. The number of rotatable bonds is 11. The van der Waals surface area contributed by atoms with Gasteiger partial charge in [-0.15, -0.1) is 0 Å². The lowest BCUT2D eigenvalue weighted by Gasteiger charge is -2.24. The zero-order chi connectivity index (χ0) is 33.7. The van der Waals surface area contributed by atoms with E-state index in [0.29, 0.717) is 17.5 Å². The van der Waals surface area contributed by atoms with Crippen molar-refractivity contribution >= 4 is 54.6 Å². The van der Waals surface area contributed by atoms with Gasteiger partial charge >= 0.3 is 6.18 Å². The SMILES string of the molecule is COc1ccc(N(CC(=O)Nc2ccc(S(=O)(=O)Nc3cccc(C(F)(F)F)c3)cc2)S(=O)(=O)c2ccc(NC(C)=O)cc2)cc1. The molecule has 242 valence electrons. The summed E-state index contributed by atoms with van der Waals surface area (Å²) in [5.74, 6) is -0.667. The molecule has 11 nitrogen and oxygen atoms in total. The molecule has 0 aliphatic rings. The second-order valence-electron chi connectivity index (χ2n) is 9.67. The fourth-order valence-corrected chi connectivity index (χ4v) is 6.60. The summed E-state index contributed by atoms with van der Waals surface area (Å²) in [6.07, 6.45) is -4.66. The number of carbonyl (C=O) groups excluding carboxylic acids is 2. The number of sulfonamides is 2. The highest BCUT2D eigenvalue weighted by molar-refractivity contribution is 7.93. The first-order valence-corrected chi connectivity index (χ1v) is 16.2. The van der Waals surface area contributed by atoms with Crippen molar-refractivity contribution < 1.29 is 44.3 Å². The van der Waals surface area contributed by atoms with Crippen LogP contribution in [0.2, 0.25) is 0 Å². The van der Waals surface area contributed by atoms with Gasteiger partial charge in [0.2, 0.25) is 11.8 Å². The molecule has 4 aromatic carbocycles. The van der Waals surface area contributed by atoms with E-state index in [-0.39, 0.29) is 32.8 Å². The molecular weight excluding hydrogens is 649 g/mol. The summed E-state index contributed by atoms with van der Waals surface area (Å²) >= 11 is 0. The summed E-state index contributed by atoms with van der Waals surface area (Å²) in [7, 11) is -7.17. The number of ether oxygens (including phenoxy) is 1. The lowest BCUT2D eigenvalue weighted by Crippen LogP contribution is -2.38. The number of halogens is 3. The maximum atomic E-state index is 13.7. The summed E-state index contributed by atoms with van der Waals surface area (Å²) in [6.45, 7) is 0.623. The van der Waals surface area contributed by atoms with Crippen LogP contribution in [0.4, 0.5) is 35.9 Å². The monoisotopic (exact) mass is 676 g/mol. The van der Waals surface area contributed by atoms with E-state index >= 15 is 0 Å². The molecule has 0 spiro atoms. The Balaban J connectivity index is 1.53. The van der Waals surface area contributed by atoms with E-state index in [1.807, 2.05) is 0 Å².